The molecule has 23 heavy (non-hydrogen) atoms. The molecule has 0 radical (unpaired) electrons. The largest absolute Gasteiger partial charge is 0.152 e. The van der Waals surface area contributed by atoms with Crippen LogP contribution in [0.1, 0.15) is 82.0 Å². The third-order valence-electron chi connectivity index (χ3n) is 4.98. The highest BCUT2D eigenvalue weighted by Crippen LogP contribution is 2.36. The Hall–Kier alpha value is 0.570. The van der Waals surface area contributed by atoms with E-state index in [1.54, 1.807) is 3.01 Å². The lowest BCUT2D eigenvalue weighted by Crippen LogP contribution is -2.13. The van der Waals surface area contributed by atoms with Crippen LogP contribution in [0.2, 0.25) is 0 Å². The molecular weight excluding hydrogens is 437 g/mol. The molecule has 1 saturated carbocycles. The number of thioether (sulfide) groups is 2. The lowest BCUT2D eigenvalue weighted by molar-refractivity contribution is 0.563. The van der Waals surface area contributed by atoms with Crippen LogP contribution in [0.4, 0.5) is 0 Å². The molecule has 1 aliphatic carbocycles. The highest BCUT2D eigenvalue weighted by molar-refractivity contribution is 14.1. The predicted molar refractivity (Wildman–Crippen MR) is 110 cm³/mol. The van der Waals surface area contributed by atoms with E-state index in [1.807, 2.05) is 0 Å². The molecule has 0 spiro atoms. The second-order valence-electron chi connectivity index (χ2n) is 6.84. The van der Waals surface area contributed by atoms with Crippen molar-refractivity contribution < 1.29 is 0 Å². The Bertz CT molecular complexity index is 441. The number of aromatic nitrogens is 3. The monoisotopic (exact) mass is 465 g/mol. The molecule has 3 nitrogen and oxygen atoms in total. The molecule has 2 bridgehead atoms. The molecule has 1 fully saturated rings. The van der Waals surface area contributed by atoms with Crippen molar-refractivity contribution in [1.82, 2.24) is 13.2 Å². The zero-order valence-electron chi connectivity index (χ0n) is 13.9. The molecule has 2 atom stereocenters. The van der Waals surface area contributed by atoms with Gasteiger partial charge in [0.2, 0.25) is 0 Å². The van der Waals surface area contributed by atoms with E-state index >= 15 is 0 Å². The van der Waals surface area contributed by atoms with Gasteiger partial charge in [0, 0.05) is 22.0 Å². The van der Waals surface area contributed by atoms with Gasteiger partial charge in [0.15, 0.2) is 0 Å². The third kappa shape index (κ3) is 6.10. The summed E-state index contributed by atoms with van der Waals surface area (Å²) in [4.78, 5) is 0. The maximum atomic E-state index is 4.59. The summed E-state index contributed by atoms with van der Waals surface area (Å²) in [5.74, 6) is 2.10. The highest BCUT2D eigenvalue weighted by atomic mass is 127. The highest BCUT2D eigenvalue weighted by Gasteiger charge is 2.23. The number of hydrogen-bond acceptors (Lipinski definition) is 4. The van der Waals surface area contributed by atoms with Crippen molar-refractivity contribution in [2.45, 2.75) is 92.6 Å². The summed E-state index contributed by atoms with van der Waals surface area (Å²) < 4.78 is 1.73. The van der Waals surface area contributed by atoms with Crippen molar-refractivity contribution >= 4 is 46.4 Å². The van der Waals surface area contributed by atoms with Crippen molar-refractivity contribution in [3.8, 4) is 0 Å². The van der Waals surface area contributed by atoms with Crippen LogP contribution in [-0.4, -0.2) is 23.7 Å². The molecule has 6 heteroatoms. The predicted octanol–water partition coefficient (Wildman–Crippen LogP) is 6.00. The minimum absolute atomic E-state index is 0.818. The third-order valence-corrected chi connectivity index (χ3v) is 8.09. The Balaban J connectivity index is 1.67. The van der Waals surface area contributed by atoms with Gasteiger partial charge in [-0.05, 0) is 19.3 Å². The zero-order chi connectivity index (χ0) is 15.9. The van der Waals surface area contributed by atoms with Gasteiger partial charge >= 0.3 is 0 Å². The van der Waals surface area contributed by atoms with Crippen molar-refractivity contribution in [3.63, 3.8) is 0 Å². The first-order chi connectivity index (χ1) is 11.3. The van der Waals surface area contributed by atoms with Gasteiger partial charge in [-0.2, -0.15) is 23.5 Å². The average Bonchev–Trinajstić information content (AvgIpc) is 2.92. The standard InChI is InChI=1S/C17H28IN3S2/c18-21-19-16-12-22-14-9-7-5-3-1-2-4-6-8-10-15(11-14)23-13-17(16)20-21/h14-15H,1-13H2. The van der Waals surface area contributed by atoms with Gasteiger partial charge in [-0.3, -0.25) is 0 Å². The minimum atomic E-state index is 0.818. The number of hydrogen-bond donors (Lipinski definition) is 0. The molecule has 2 aliphatic rings. The Morgan fingerprint density at radius 3 is 1.65 bits per heavy atom. The minimum Gasteiger partial charge on any atom is -0.152 e. The summed E-state index contributed by atoms with van der Waals surface area (Å²) in [6.07, 6.45) is 15.7. The van der Waals surface area contributed by atoms with Gasteiger partial charge in [0.1, 0.15) is 22.9 Å². The molecular formula is C17H28IN3S2. The topological polar surface area (TPSA) is 30.7 Å². The van der Waals surface area contributed by atoms with Crippen LogP contribution in [-0.2, 0) is 11.5 Å². The number of fused-ring (bicyclic) bond motifs is 3. The summed E-state index contributed by atoms with van der Waals surface area (Å²) in [5, 5.41) is 10.8. The van der Waals surface area contributed by atoms with Crippen LogP contribution in [0, 0.1) is 0 Å². The Morgan fingerprint density at radius 2 is 1.17 bits per heavy atom. The zero-order valence-corrected chi connectivity index (χ0v) is 17.7. The van der Waals surface area contributed by atoms with E-state index in [9.17, 15) is 0 Å². The van der Waals surface area contributed by atoms with E-state index in [0.29, 0.717) is 0 Å². The second kappa shape index (κ2) is 9.90. The Labute approximate surface area is 163 Å². The van der Waals surface area contributed by atoms with Gasteiger partial charge in [0.25, 0.3) is 0 Å². The summed E-state index contributed by atoms with van der Waals surface area (Å²) in [6, 6.07) is 0. The maximum Gasteiger partial charge on any atom is 0.111 e. The fraction of sp³-hybridized carbons (Fsp3) is 0.882. The first-order valence-corrected chi connectivity index (χ1v) is 12.2. The molecule has 1 aliphatic heterocycles. The molecule has 130 valence electrons. The van der Waals surface area contributed by atoms with Gasteiger partial charge < -0.3 is 0 Å². The molecule has 0 saturated heterocycles. The van der Waals surface area contributed by atoms with Gasteiger partial charge in [-0.1, -0.05) is 51.4 Å². The number of nitrogens with zero attached hydrogens (tertiary/aromatic N) is 3. The lowest BCUT2D eigenvalue weighted by atomic mass is 10.1. The molecule has 2 heterocycles. The first-order valence-electron chi connectivity index (χ1n) is 9.16. The molecule has 0 amide bonds. The molecule has 1 aromatic heterocycles. The smallest absolute Gasteiger partial charge is 0.111 e. The van der Waals surface area contributed by atoms with Gasteiger partial charge in [-0.25, -0.2) is 0 Å². The van der Waals surface area contributed by atoms with E-state index in [0.717, 1.165) is 22.0 Å². The van der Waals surface area contributed by atoms with Crippen LogP contribution in [0.25, 0.3) is 0 Å². The number of halogens is 1. The molecule has 1 aromatic rings. The van der Waals surface area contributed by atoms with Crippen molar-refractivity contribution in [2.24, 2.45) is 0 Å². The maximum absolute atomic E-state index is 4.59. The first kappa shape index (κ1) is 18.4. The summed E-state index contributed by atoms with van der Waals surface area (Å²) in [6.45, 7) is 0. The van der Waals surface area contributed by atoms with Crippen LogP contribution in [0.5, 0.6) is 0 Å². The molecule has 0 N–H and O–H groups in total. The average molecular weight is 465 g/mol. The number of rotatable bonds is 0. The van der Waals surface area contributed by atoms with Gasteiger partial charge in [0.05, 0.1) is 11.4 Å². The van der Waals surface area contributed by atoms with Crippen LogP contribution in [0.3, 0.4) is 0 Å². The van der Waals surface area contributed by atoms with E-state index in [-0.39, 0.29) is 0 Å². The van der Waals surface area contributed by atoms with Gasteiger partial charge in [-0.15, -0.1) is 13.2 Å². The Kier molecular flexibility index (Phi) is 7.90. The van der Waals surface area contributed by atoms with E-state index < -0.39 is 0 Å². The molecule has 3 rings (SSSR count). The summed E-state index contributed by atoms with van der Waals surface area (Å²) in [5.41, 5.74) is 2.45. The van der Waals surface area contributed by atoms with E-state index in [2.05, 4.69) is 56.6 Å². The van der Waals surface area contributed by atoms with E-state index in [1.165, 1.54) is 82.0 Å². The van der Waals surface area contributed by atoms with Crippen LogP contribution < -0.4 is 0 Å². The van der Waals surface area contributed by atoms with Crippen molar-refractivity contribution in [2.75, 3.05) is 0 Å². The van der Waals surface area contributed by atoms with E-state index in [4.69, 9.17) is 0 Å². The molecule has 2 unspecified atom stereocenters. The lowest BCUT2D eigenvalue weighted by Gasteiger charge is -2.21. The normalized spacial score (nSPS) is 28.2. The van der Waals surface area contributed by atoms with Crippen LogP contribution >= 0.6 is 46.4 Å². The SMILES string of the molecule is In1nc2c(n1)CSC1CCCCCCCCCCC(C1)SC2. The fourth-order valence-corrected chi connectivity index (χ4v) is 6.87. The second-order valence-corrected chi connectivity index (χ2v) is 10.3. The summed E-state index contributed by atoms with van der Waals surface area (Å²) in [7, 11) is 0. The molecule has 0 aromatic carbocycles. The van der Waals surface area contributed by atoms with Crippen molar-refractivity contribution in [3.05, 3.63) is 11.4 Å². The van der Waals surface area contributed by atoms with Crippen LogP contribution in [0.15, 0.2) is 0 Å². The summed E-state index contributed by atoms with van der Waals surface area (Å²) >= 11 is 6.47. The quantitative estimate of drug-likeness (QED) is 0.440. The van der Waals surface area contributed by atoms with Crippen molar-refractivity contribution in [1.29, 1.82) is 0 Å². The Morgan fingerprint density at radius 1 is 0.739 bits per heavy atom. The fourth-order valence-electron chi connectivity index (χ4n) is 3.59.